The summed E-state index contributed by atoms with van der Waals surface area (Å²) in [5.41, 5.74) is 3.20. The van der Waals surface area contributed by atoms with Crippen LogP contribution in [0.5, 0.6) is 0 Å². The fraction of sp³-hybridized carbons (Fsp3) is 0.407. The number of benzene rings is 2. The van der Waals surface area contributed by atoms with Gasteiger partial charge in [-0.1, -0.05) is 51.1 Å². The summed E-state index contributed by atoms with van der Waals surface area (Å²) in [7, 11) is 0. The zero-order chi connectivity index (χ0) is 25.3. The molecule has 1 aliphatic rings. The van der Waals surface area contributed by atoms with E-state index in [-0.39, 0.29) is 18.4 Å². The van der Waals surface area contributed by atoms with Crippen molar-refractivity contribution >= 4 is 23.5 Å². The van der Waals surface area contributed by atoms with E-state index in [1.165, 1.54) is 4.90 Å². The molecule has 7 nitrogen and oxygen atoms in total. The minimum Gasteiger partial charge on any atom is -0.319 e. The van der Waals surface area contributed by atoms with Gasteiger partial charge in [-0.3, -0.25) is 14.5 Å². The number of imide groups is 1. The number of hydrogen-bond acceptors (Lipinski definition) is 4. The van der Waals surface area contributed by atoms with Crippen molar-refractivity contribution in [2.75, 3.05) is 18.0 Å². The summed E-state index contributed by atoms with van der Waals surface area (Å²) < 4.78 is 0. The van der Waals surface area contributed by atoms with Crippen LogP contribution in [0.1, 0.15) is 56.4 Å². The van der Waals surface area contributed by atoms with Gasteiger partial charge in [0.1, 0.15) is 12.1 Å². The van der Waals surface area contributed by atoms with E-state index in [9.17, 15) is 14.4 Å². The Balaban J connectivity index is 1.84. The van der Waals surface area contributed by atoms with Gasteiger partial charge in [0.25, 0.3) is 5.91 Å². The van der Waals surface area contributed by atoms with Gasteiger partial charge in [-0.25, -0.2) is 4.79 Å². The number of urea groups is 1. The van der Waals surface area contributed by atoms with E-state index in [1.54, 1.807) is 6.92 Å². The fourth-order valence-corrected chi connectivity index (χ4v) is 4.01. The fourth-order valence-electron chi connectivity index (χ4n) is 4.01. The predicted octanol–water partition coefficient (Wildman–Crippen LogP) is 4.31. The number of amides is 4. The zero-order valence-corrected chi connectivity index (χ0v) is 20.7. The van der Waals surface area contributed by atoms with Gasteiger partial charge in [-0.05, 0) is 60.6 Å². The Labute approximate surface area is 201 Å². The highest BCUT2D eigenvalue weighted by atomic mass is 16.2. The van der Waals surface area contributed by atoms with Crippen molar-refractivity contribution in [2.45, 2.75) is 58.9 Å². The van der Waals surface area contributed by atoms with E-state index in [2.05, 4.69) is 32.2 Å². The van der Waals surface area contributed by atoms with Crippen molar-refractivity contribution in [3.8, 4) is 6.07 Å². The van der Waals surface area contributed by atoms with Gasteiger partial charge in [0.05, 0.1) is 12.5 Å². The summed E-state index contributed by atoms with van der Waals surface area (Å²) in [6, 6.07) is 14.6. The quantitative estimate of drug-likeness (QED) is 0.650. The number of rotatable bonds is 6. The monoisotopic (exact) mass is 460 g/mol. The van der Waals surface area contributed by atoms with Crippen LogP contribution in [0.15, 0.2) is 42.5 Å². The zero-order valence-electron chi connectivity index (χ0n) is 20.7. The third-order valence-corrected chi connectivity index (χ3v) is 6.45. The smallest absolute Gasteiger partial charge is 0.319 e. The Morgan fingerprint density at radius 1 is 1.09 bits per heavy atom. The lowest BCUT2D eigenvalue weighted by molar-refractivity contribution is -0.134. The van der Waals surface area contributed by atoms with Crippen LogP contribution in [0.4, 0.5) is 10.5 Å². The average Bonchev–Trinajstić information content (AvgIpc) is 2.99. The molecule has 178 valence electrons. The Morgan fingerprint density at radius 3 is 2.29 bits per heavy atom. The minimum atomic E-state index is -1.26. The van der Waals surface area contributed by atoms with Gasteiger partial charge in [-0.15, -0.1) is 0 Å². The second kappa shape index (κ2) is 9.30. The van der Waals surface area contributed by atoms with Crippen LogP contribution < -0.4 is 10.2 Å². The third kappa shape index (κ3) is 4.81. The van der Waals surface area contributed by atoms with Crippen LogP contribution in [0.3, 0.4) is 0 Å². The number of nitrogens with zero attached hydrogens (tertiary/aromatic N) is 3. The summed E-state index contributed by atoms with van der Waals surface area (Å²) in [5.74, 6) is -0.899. The minimum absolute atomic E-state index is 0.0396. The van der Waals surface area contributed by atoms with Gasteiger partial charge >= 0.3 is 6.03 Å². The van der Waals surface area contributed by atoms with Gasteiger partial charge in [0.15, 0.2) is 0 Å². The molecule has 4 amide bonds. The molecule has 1 N–H and O–H groups in total. The molecule has 1 saturated heterocycles. The first-order valence-electron chi connectivity index (χ1n) is 11.4. The maximum Gasteiger partial charge on any atom is 0.325 e. The highest BCUT2D eigenvalue weighted by molar-refractivity contribution is 6.10. The molecule has 2 aromatic carbocycles. The second-order valence-electron chi connectivity index (χ2n) is 10.00. The molecule has 2 aromatic rings. The molecule has 0 aromatic heterocycles. The average molecular weight is 461 g/mol. The van der Waals surface area contributed by atoms with E-state index in [4.69, 9.17) is 5.26 Å². The molecule has 0 radical (unpaired) electrons. The highest BCUT2D eigenvalue weighted by Crippen LogP contribution is 2.31. The van der Waals surface area contributed by atoms with Crippen LogP contribution in [-0.2, 0) is 20.5 Å². The van der Waals surface area contributed by atoms with E-state index in [0.717, 1.165) is 21.6 Å². The molecule has 34 heavy (non-hydrogen) atoms. The molecule has 1 unspecified atom stereocenters. The van der Waals surface area contributed by atoms with Crippen molar-refractivity contribution in [2.24, 2.45) is 0 Å². The Bertz CT molecular complexity index is 1160. The summed E-state index contributed by atoms with van der Waals surface area (Å²) >= 11 is 0. The van der Waals surface area contributed by atoms with E-state index in [0.29, 0.717) is 11.3 Å². The molecule has 0 saturated carbocycles. The van der Waals surface area contributed by atoms with Crippen molar-refractivity contribution < 1.29 is 14.4 Å². The third-order valence-electron chi connectivity index (χ3n) is 6.45. The van der Waals surface area contributed by atoms with Crippen LogP contribution in [0.25, 0.3) is 0 Å². The largest absolute Gasteiger partial charge is 0.325 e. The molecule has 1 heterocycles. The molecule has 1 atom stereocenters. The predicted molar refractivity (Wildman–Crippen MR) is 131 cm³/mol. The second-order valence-corrected chi connectivity index (χ2v) is 10.00. The van der Waals surface area contributed by atoms with Crippen LogP contribution in [0, 0.1) is 25.2 Å². The molecule has 3 rings (SSSR count). The van der Waals surface area contributed by atoms with Crippen LogP contribution in [0.2, 0.25) is 0 Å². The maximum absolute atomic E-state index is 13.3. The van der Waals surface area contributed by atoms with E-state index < -0.39 is 29.9 Å². The Hall–Kier alpha value is -3.66. The van der Waals surface area contributed by atoms with Gasteiger partial charge < -0.3 is 10.2 Å². The molecular formula is C27H32N4O3. The number of carbonyl (C=O) groups is 3. The number of anilines is 1. The summed E-state index contributed by atoms with van der Waals surface area (Å²) in [5, 5.41) is 11.8. The first-order chi connectivity index (χ1) is 15.9. The number of carbonyl (C=O) groups excluding carboxylic acids is 3. The lowest BCUT2D eigenvalue weighted by Crippen LogP contribution is -2.45. The van der Waals surface area contributed by atoms with Crippen molar-refractivity contribution in [1.29, 1.82) is 5.26 Å². The van der Waals surface area contributed by atoms with Gasteiger partial charge in [0, 0.05) is 12.2 Å². The highest BCUT2D eigenvalue weighted by Gasteiger charge is 2.49. The molecule has 0 bridgehead atoms. The lowest BCUT2D eigenvalue weighted by atomic mass is 9.84. The van der Waals surface area contributed by atoms with E-state index in [1.807, 2.05) is 56.3 Å². The topological polar surface area (TPSA) is 93.5 Å². The number of aryl methyl sites for hydroxylation is 2. The number of hydrogen-bond donors (Lipinski definition) is 1. The molecular weight excluding hydrogens is 428 g/mol. The number of nitrogens with one attached hydrogen (secondary N) is 1. The summed E-state index contributed by atoms with van der Waals surface area (Å²) in [6.45, 7) is 11.7. The Kier molecular flexibility index (Phi) is 6.83. The van der Waals surface area contributed by atoms with E-state index >= 15 is 0 Å². The van der Waals surface area contributed by atoms with Gasteiger partial charge in [0.2, 0.25) is 5.91 Å². The van der Waals surface area contributed by atoms with Crippen LogP contribution >= 0.6 is 0 Å². The molecule has 7 heteroatoms. The standard InChI is InChI=1S/C27H32N4O3/c1-18-8-13-22(16-19(18)2)30(15-7-14-28)23(32)17-31-24(33)27(6,29-25(31)34)21-11-9-20(10-12-21)26(3,4)5/h8-13,16H,7,15,17H2,1-6H3,(H,29,34). The molecule has 1 aliphatic heterocycles. The summed E-state index contributed by atoms with van der Waals surface area (Å²) in [4.78, 5) is 41.8. The van der Waals surface area contributed by atoms with Gasteiger partial charge in [-0.2, -0.15) is 5.26 Å². The maximum atomic E-state index is 13.3. The summed E-state index contributed by atoms with van der Waals surface area (Å²) in [6.07, 6.45) is 0.136. The Morgan fingerprint density at radius 2 is 1.74 bits per heavy atom. The molecule has 0 spiro atoms. The first kappa shape index (κ1) is 25.0. The first-order valence-corrected chi connectivity index (χ1v) is 11.4. The van der Waals surface area contributed by atoms with Crippen molar-refractivity contribution in [3.05, 3.63) is 64.7 Å². The molecule has 0 aliphatic carbocycles. The molecule has 1 fully saturated rings. The normalized spacial score (nSPS) is 18.0. The number of nitriles is 1. The SMILES string of the molecule is Cc1ccc(N(CCC#N)C(=O)CN2C(=O)NC(C)(c3ccc(C(C)(C)C)cc3)C2=O)cc1C. The van der Waals surface area contributed by atoms with Crippen molar-refractivity contribution in [3.63, 3.8) is 0 Å². The van der Waals surface area contributed by atoms with Crippen molar-refractivity contribution in [1.82, 2.24) is 10.2 Å². The van der Waals surface area contributed by atoms with Crippen LogP contribution in [-0.4, -0.2) is 35.8 Å². The lowest BCUT2D eigenvalue weighted by Gasteiger charge is -2.26.